The van der Waals surface area contributed by atoms with E-state index in [4.69, 9.17) is 9.97 Å². The van der Waals surface area contributed by atoms with Crippen LogP contribution in [0.1, 0.15) is 122 Å². The van der Waals surface area contributed by atoms with E-state index in [1.165, 1.54) is 125 Å². The van der Waals surface area contributed by atoms with Crippen LogP contribution in [-0.2, 0) is 0 Å². The van der Waals surface area contributed by atoms with E-state index in [2.05, 4.69) is 61.0 Å². The molecular formula is C44H41N3. The van der Waals surface area contributed by atoms with Gasteiger partial charge in [-0.1, -0.05) is 18.2 Å². The zero-order chi connectivity index (χ0) is 30.3. The first kappa shape index (κ1) is 24.6. The smallest absolute Gasteiger partial charge is 0.0728 e. The molecule has 2 spiro atoms. The third-order valence-electron chi connectivity index (χ3n) is 17.1. The summed E-state index contributed by atoms with van der Waals surface area (Å²) in [5.41, 5.74) is 17.3. The second-order valence-corrected chi connectivity index (χ2v) is 18.4. The van der Waals surface area contributed by atoms with Gasteiger partial charge in [0.25, 0.3) is 0 Å². The SMILES string of the molecule is Cc1cccc(C)c1-c1cc2c3c4c(ncc3n3c5cnc6c(c5c(c1)c23)C1CC2CC3CC6CC32C1)C1CC2CC3CC4CC23C1. The van der Waals surface area contributed by atoms with E-state index < -0.39 is 0 Å². The molecule has 6 bridgehead atoms. The molecule has 10 unspecified atom stereocenters. The minimum atomic E-state index is 0.638. The fourth-order valence-electron chi connectivity index (χ4n) is 15.7. The van der Waals surface area contributed by atoms with Gasteiger partial charge in [-0.05, 0) is 170 Å². The van der Waals surface area contributed by atoms with E-state index in [0.717, 1.165) is 23.7 Å². The first-order chi connectivity index (χ1) is 23.0. The van der Waals surface area contributed by atoms with Crippen molar-refractivity contribution >= 4 is 38.1 Å². The molecule has 0 N–H and O–H groups in total. The lowest BCUT2D eigenvalue weighted by Crippen LogP contribution is -2.41. The highest BCUT2D eigenvalue weighted by Crippen LogP contribution is 2.77. The van der Waals surface area contributed by atoms with Gasteiger partial charge in [-0.3, -0.25) is 9.97 Å². The molecule has 6 fully saturated rings. The number of benzene rings is 2. The molecule has 2 aromatic carbocycles. The monoisotopic (exact) mass is 611 g/mol. The lowest BCUT2D eigenvalue weighted by Gasteiger charge is -2.48. The Morgan fingerprint density at radius 2 is 1.09 bits per heavy atom. The van der Waals surface area contributed by atoms with E-state index >= 15 is 0 Å². The van der Waals surface area contributed by atoms with Crippen LogP contribution in [0.4, 0.5) is 0 Å². The molecule has 4 heterocycles. The summed E-state index contributed by atoms with van der Waals surface area (Å²) in [6, 6.07) is 12.1. The predicted molar refractivity (Wildman–Crippen MR) is 188 cm³/mol. The third kappa shape index (κ3) is 2.46. The second-order valence-electron chi connectivity index (χ2n) is 18.4. The Hall–Kier alpha value is -3.46. The Labute approximate surface area is 275 Å². The zero-order valence-corrected chi connectivity index (χ0v) is 27.6. The Morgan fingerprint density at radius 3 is 1.60 bits per heavy atom. The fraction of sp³-hybridized carbons (Fsp3) is 0.500. The highest BCUT2D eigenvalue weighted by Gasteiger charge is 2.67. The molecule has 0 radical (unpaired) electrons. The van der Waals surface area contributed by atoms with Crippen LogP contribution in [0.25, 0.3) is 49.2 Å². The van der Waals surface area contributed by atoms with Crippen LogP contribution >= 0.6 is 0 Å². The molecule has 3 nitrogen and oxygen atoms in total. The van der Waals surface area contributed by atoms with Crippen molar-refractivity contribution in [2.45, 2.75) is 102 Å². The minimum absolute atomic E-state index is 0.638. The normalized spacial score (nSPS) is 39.4. The highest BCUT2D eigenvalue weighted by molar-refractivity contribution is 6.26. The molecule has 0 aliphatic heterocycles. The summed E-state index contributed by atoms with van der Waals surface area (Å²) >= 11 is 0. The summed E-state index contributed by atoms with van der Waals surface area (Å²) in [6.45, 7) is 4.63. The number of hydrogen-bond donors (Lipinski definition) is 0. The number of nitrogens with zero attached hydrogens (tertiary/aromatic N) is 3. The van der Waals surface area contributed by atoms with Crippen molar-refractivity contribution in [1.82, 2.24) is 14.4 Å². The highest BCUT2D eigenvalue weighted by atomic mass is 15.0. The van der Waals surface area contributed by atoms with Crippen molar-refractivity contribution in [3.05, 3.63) is 76.4 Å². The van der Waals surface area contributed by atoms with Crippen LogP contribution in [0.5, 0.6) is 0 Å². The third-order valence-corrected chi connectivity index (χ3v) is 17.1. The summed E-state index contributed by atoms with van der Waals surface area (Å²) in [6.07, 6.45) is 18.8. The standard InChI is InChI=1S/C44H41N3/c1-20-4-3-5-21(2)35(20)22-10-31-38-33(18-45-40-25-8-29-12-27-6-23(36(38)40)14-43(27,29)16-25)47-34-19-46-41-26-9-30-13-28-7-24(15-44(28,30)17-26)37(41)39(34)32(11-22)42(31)47/h3-5,10-11,18-19,23-30H,6-9,12-17H2,1-2H3. The molecule has 14 rings (SSSR count). The van der Waals surface area contributed by atoms with Crippen LogP contribution in [-0.4, -0.2) is 14.4 Å². The van der Waals surface area contributed by atoms with E-state index in [0.29, 0.717) is 34.5 Å². The van der Waals surface area contributed by atoms with Gasteiger partial charge in [-0.2, -0.15) is 0 Å². The maximum atomic E-state index is 5.51. The van der Waals surface area contributed by atoms with Gasteiger partial charge in [-0.15, -0.1) is 0 Å². The van der Waals surface area contributed by atoms with Crippen molar-refractivity contribution < 1.29 is 0 Å². The molecule has 8 aliphatic rings. The maximum absolute atomic E-state index is 5.51. The van der Waals surface area contributed by atoms with E-state index in [1.54, 1.807) is 21.9 Å². The molecule has 6 aromatic rings. The van der Waals surface area contributed by atoms with Crippen LogP contribution in [0.2, 0.25) is 0 Å². The van der Waals surface area contributed by atoms with Gasteiger partial charge in [0.2, 0.25) is 0 Å². The van der Waals surface area contributed by atoms with E-state index in [-0.39, 0.29) is 0 Å². The molecule has 3 heteroatoms. The van der Waals surface area contributed by atoms with Gasteiger partial charge in [0.05, 0.1) is 28.9 Å². The predicted octanol–water partition coefficient (Wildman–Crippen LogP) is 10.7. The molecule has 0 amide bonds. The molecule has 232 valence electrons. The van der Waals surface area contributed by atoms with Crippen molar-refractivity contribution in [3.63, 3.8) is 0 Å². The second kappa shape index (κ2) is 7.41. The number of pyridine rings is 2. The molecule has 10 atom stereocenters. The van der Waals surface area contributed by atoms with Crippen molar-refractivity contribution in [1.29, 1.82) is 0 Å². The topological polar surface area (TPSA) is 30.2 Å². The summed E-state index contributed by atoms with van der Waals surface area (Å²) in [5, 5.41) is 6.08. The quantitative estimate of drug-likeness (QED) is 0.185. The summed E-state index contributed by atoms with van der Waals surface area (Å²) in [4.78, 5) is 11.0. The molecule has 4 aromatic heterocycles. The Balaban J connectivity index is 1.15. The van der Waals surface area contributed by atoms with Crippen molar-refractivity contribution in [3.8, 4) is 11.1 Å². The van der Waals surface area contributed by atoms with E-state index in [9.17, 15) is 0 Å². The molecule has 6 saturated carbocycles. The van der Waals surface area contributed by atoms with Gasteiger partial charge in [-0.25, -0.2) is 0 Å². The molecule has 8 aliphatic carbocycles. The van der Waals surface area contributed by atoms with Crippen LogP contribution in [0.15, 0.2) is 42.7 Å². The van der Waals surface area contributed by atoms with E-state index in [1.807, 2.05) is 0 Å². The van der Waals surface area contributed by atoms with Gasteiger partial charge in [0.15, 0.2) is 0 Å². The summed E-state index contributed by atoms with van der Waals surface area (Å²) < 4.78 is 2.66. The molecular weight excluding hydrogens is 571 g/mol. The number of aromatic nitrogens is 3. The number of fused-ring (bicyclic) bond motifs is 18. The lowest BCUT2D eigenvalue weighted by atomic mass is 9.56. The van der Waals surface area contributed by atoms with Gasteiger partial charge in [0, 0.05) is 44.8 Å². The van der Waals surface area contributed by atoms with Crippen molar-refractivity contribution in [2.75, 3.05) is 0 Å². The molecule has 47 heavy (non-hydrogen) atoms. The minimum Gasteiger partial charge on any atom is -0.305 e. The largest absolute Gasteiger partial charge is 0.305 e. The Kier molecular flexibility index (Phi) is 3.89. The van der Waals surface area contributed by atoms with Gasteiger partial charge >= 0.3 is 0 Å². The molecule has 0 saturated heterocycles. The maximum Gasteiger partial charge on any atom is 0.0728 e. The van der Waals surface area contributed by atoms with Crippen LogP contribution in [0.3, 0.4) is 0 Å². The lowest BCUT2D eigenvalue weighted by molar-refractivity contribution is 0.00321. The van der Waals surface area contributed by atoms with Gasteiger partial charge < -0.3 is 4.40 Å². The summed E-state index contributed by atoms with van der Waals surface area (Å²) in [7, 11) is 0. The number of hydrogen-bond acceptors (Lipinski definition) is 2. The van der Waals surface area contributed by atoms with Gasteiger partial charge in [0.1, 0.15) is 0 Å². The zero-order valence-electron chi connectivity index (χ0n) is 27.6. The average Bonchev–Trinajstić information content (AvgIpc) is 3.84. The summed E-state index contributed by atoms with van der Waals surface area (Å²) in [5.74, 6) is 6.55. The fourth-order valence-corrected chi connectivity index (χ4v) is 15.7. The Bertz CT molecular complexity index is 2320. The first-order valence-electron chi connectivity index (χ1n) is 19.1. The Morgan fingerprint density at radius 1 is 0.617 bits per heavy atom. The first-order valence-corrected chi connectivity index (χ1v) is 19.1. The van der Waals surface area contributed by atoms with Crippen LogP contribution in [0, 0.1) is 48.3 Å². The van der Waals surface area contributed by atoms with Crippen molar-refractivity contribution in [2.24, 2.45) is 34.5 Å². The average molecular weight is 612 g/mol. The number of aryl methyl sites for hydroxylation is 2. The number of rotatable bonds is 1. The van der Waals surface area contributed by atoms with Crippen LogP contribution < -0.4 is 0 Å².